The fourth-order valence-electron chi connectivity index (χ4n) is 6.25. The number of benzene rings is 3. The Balaban J connectivity index is 1.53. The lowest BCUT2D eigenvalue weighted by molar-refractivity contribution is -0.0304. The molecular weight excluding hydrogens is 496 g/mol. The Morgan fingerprint density at radius 2 is 1.26 bits per heavy atom. The lowest BCUT2D eigenvalue weighted by Gasteiger charge is -2.31. The first kappa shape index (κ1) is 29.5. The molecule has 1 aliphatic carbocycles. The molecule has 2 atom stereocenters. The Kier molecular flexibility index (Phi) is 10.4. The van der Waals surface area contributed by atoms with E-state index in [2.05, 4.69) is 105 Å². The normalized spacial score (nSPS) is 19.2. The maximum atomic E-state index is 11.6. The van der Waals surface area contributed by atoms with Crippen LogP contribution in [0.15, 0.2) is 102 Å². The molecule has 0 bridgehead atoms. The van der Waals surface area contributed by atoms with Crippen LogP contribution in [0.5, 0.6) is 0 Å². The van der Waals surface area contributed by atoms with Gasteiger partial charge in [0.15, 0.2) is 0 Å². The topological polar surface area (TPSA) is 38.7 Å². The lowest BCUT2D eigenvalue weighted by atomic mass is 9.87. The number of aryl methyl sites for hydroxylation is 1. The van der Waals surface area contributed by atoms with Crippen LogP contribution in [0.1, 0.15) is 42.9 Å². The van der Waals surface area contributed by atoms with Crippen LogP contribution in [0.3, 0.4) is 0 Å². The van der Waals surface area contributed by atoms with Crippen molar-refractivity contribution in [2.45, 2.75) is 71.6 Å². The Labute approximate surface area is 236 Å². The Morgan fingerprint density at radius 3 is 1.72 bits per heavy atom. The van der Waals surface area contributed by atoms with E-state index < -0.39 is 14.2 Å². The summed E-state index contributed by atoms with van der Waals surface area (Å²) in [5, 5.41) is 13.0. The molecule has 0 unspecified atom stereocenters. The van der Waals surface area contributed by atoms with Gasteiger partial charge in [-0.05, 0) is 48.3 Å². The molecule has 3 aromatic rings. The van der Waals surface area contributed by atoms with Gasteiger partial charge in [0, 0.05) is 5.41 Å². The summed E-state index contributed by atoms with van der Waals surface area (Å²) < 4.78 is 12.8. The third-order valence-corrected chi connectivity index (χ3v) is 10.2. The van der Waals surface area contributed by atoms with Crippen molar-refractivity contribution in [2.24, 2.45) is 11.3 Å². The number of aliphatic hydroxyl groups is 1. The Morgan fingerprint density at radius 1 is 0.795 bits per heavy atom. The third kappa shape index (κ3) is 8.49. The molecule has 1 fully saturated rings. The molecule has 4 heteroatoms. The summed E-state index contributed by atoms with van der Waals surface area (Å²) in [6.07, 6.45) is 3.20. The van der Waals surface area contributed by atoms with E-state index in [9.17, 15) is 5.11 Å². The Hall–Kier alpha value is -2.50. The van der Waals surface area contributed by atoms with Gasteiger partial charge in [-0.25, -0.2) is 0 Å². The smallest absolute Gasteiger partial charge is 0.0757 e. The average molecular weight is 543 g/mol. The predicted molar refractivity (Wildman–Crippen MR) is 164 cm³/mol. The Bertz CT molecular complexity index is 1120. The summed E-state index contributed by atoms with van der Waals surface area (Å²) in [7, 11) is -1.78. The van der Waals surface area contributed by atoms with Gasteiger partial charge in [0.2, 0.25) is 0 Å². The molecule has 1 N–H and O–H groups in total. The van der Waals surface area contributed by atoms with Crippen LogP contribution in [0.25, 0.3) is 0 Å². The second kappa shape index (κ2) is 13.7. The molecule has 3 aromatic carbocycles. The summed E-state index contributed by atoms with van der Waals surface area (Å²) in [6, 6.07) is 31.3. The minimum absolute atomic E-state index is 0.0949. The van der Waals surface area contributed by atoms with Crippen molar-refractivity contribution in [3.05, 3.63) is 118 Å². The number of ether oxygens (including phenoxy) is 2. The van der Waals surface area contributed by atoms with Crippen LogP contribution in [0.4, 0.5) is 0 Å². The summed E-state index contributed by atoms with van der Waals surface area (Å²) in [4.78, 5) is 0. The lowest BCUT2D eigenvalue weighted by Crippen LogP contribution is -2.35. The van der Waals surface area contributed by atoms with E-state index >= 15 is 0 Å². The number of hydrogen-bond acceptors (Lipinski definition) is 3. The molecule has 4 rings (SSSR count). The number of allylic oxidation sites excluding steroid dienone is 1. The van der Waals surface area contributed by atoms with Crippen molar-refractivity contribution >= 4 is 8.07 Å². The fraction of sp³-hybridized carbons (Fsp3) is 0.429. The highest BCUT2D eigenvalue weighted by Gasteiger charge is 2.44. The van der Waals surface area contributed by atoms with Crippen LogP contribution in [-0.4, -0.2) is 32.5 Å². The fourth-order valence-corrected chi connectivity index (χ4v) is 8.69. The monoisotopic (exact) mass is 542 g/mol. The molecule has 1 aliphatic rings. The van der Waals surface area contributed by atoms with Gasteiger partial charge in [-0.15, -0.1) is 0 Å². The molecule has 0 spiro atoms. The van der Waals surface area contributed by atoms with Gasteiger partial charge in [-0.2, -0.15) is 0 Å². The largest absolute Gasteiger partial charge is 0.389 e. The molecule has 1 saturated carbocycles. The third-order valence-electron chi connectivity index (χ3n) is 7.98. The number of aliphatic hydroxyl groups excluding tert-OH is 1. The van der Waals surface area contributed by atoms with Gasteiger partial charge in [0.1, 0.15) is 0 Å². The standard InChI is InChI=1S/C35H46O3Si/c1-28-22-35(26-37-24-30-16-10-6-11-17-30,27-38-25-31-18-12-7-13-19-31)23-32(28)34(39(2,3)4)33(36)21-20-29-14-8-5-9-15-29/h5-19,28,33,36H,20-27H2,1-4H3/b34-32+/t28-,33-/m0/s1. The number of hydrogen-bond donors (Lipinski definition) is 1. The van der Waals surface area contributed by atoms with Crippen molar-refractivity contribution in [3.63, 3.8) is 0 Å². The van der Waals surface area contributed by atoms with Crippen molar-refractivity contribution in [1.29, 1.82) is 0 Å². The van der Waals surface area contributed by atoms with Crippen molar-refractivity contribution < 1.29 is 14.6 Å². The minimum atomic E-state index is -1.78. The second-order valence-electron chi connectivity index (χ2n) is 12.5. The molecule has 0 aromatic heterocycles. The van der Waals surface area contributed by atoms with Crippen LogP contribution >= 0.6 is 0 Å². The zero-order valence-electron chi connectivity index (χ0n) is 24.2. The van der Waals surface area contributed by atoms with E-state index in [0.29, 0.717) is 32.3 Å². The van der Waals surface area contributed by atoms with Crippen LogP contribution < -0.4 is 0 Å². The molecule has 0 heterocycles. The predicted octanol–water partition coefficient (Wildman–Crippen LogP) is 8.00. The average Bonchev–Trinajstić information content (AvgIpc) is 3.23. The van der Waals surface area contributed by atoms with E-state index in [1.807, 2.05) is 12.1 Å². The van der Waals surface area contributed by atoms with Crippen molar-refractivity contribution in [3.8, 4) is 0 Å². The molecular formula is C35H46O3Si. The van der Waals surface area contributed by atoms with E-state index in [1.165, 1.54) is 27.5 Å². The first-order valence-corrected chi connectivity index (χ1v) is 17.9. The summed E-state index contributed by atoms with van der Waals surface area (Å²) in [6.45, 7) is 12.0. The zero-order valence-corrected chi connectivity index (χ0v) is 25.2. The molecule has 0 radical (unpaired) electrons. The highest BCUT2D eigenvalue weighted by atomic mass is 28.3. The van der Waals surface area contributed by atoms with Crippen molar-refractivity contribution in [2.75, 3.05) is 13.2 Å². The second-order valence-corrected chi connectivity index (χ2v) is 17.5. The quantitative estimate of drug-likeness (QED) is 0.222. The molecule has 0 amide bonds. The molecule has 3 nitrogen and oxygen atoms in total. The van der Waals surface area contributed by atoms with Gasteiger partial charge in [0.05, 0.1) is 40.6 Å². The molecule has 39 heavy (non-hydrogen) atoms. The molecule has 208 valence electrons. The first-order valence-electron chi connectivity index (χ1n) is 14.4. The van der Waals surface area contributed by atoms with Gasteiger partial charge < -0.3 is 14.6 Å². The maximum absolute atomic E-state index is 11.6. The zero-order chi connectivity index (χ0) is 27.7. The maximum Gasteiger partial charge on any atom is 0.0757 e. The summed E-state index contributed by atoms with van der Waals surface area (Å²) >= 11 is 0. The SMILES string of the molecule is C[C@H]1CC(COCc2ccccc2)(COCc2ccccc2)C/C1=C(/[C@@H](O)CCc1ccccc1)[Si](C)(C)C. The highest BCUT2D eigenvalue weighted by molar-refractivity contribution is 6.83. The van der Waals surface area contributed by atoms with Gasteiger partial charge >= 0.3 is 0 Å². The summed E-state index contributed by atoms with van der Waals surface area (Å²) in [5.74, 6) is 0.402. The van der Waals surface area contributed by atoms with E-state index in [1.54, 1.807) is 0 Å². The van der Waals surface area contributed by atoms with Crippen LogP contribution in [0, 0.1) is 11.3 Å². The molecule has 0 saturated heterocycles. The minimum Gasteiger partial charge on any atom is -0.389 e. The molecule has 0 aliphatic heterocycles. The van der Waals surface area contributed by atoms with Gasteiger partial charge in [-0.3, -0.25) is 0 Å². The first-order chi connectivity index (χ1) is 18.8. The van der Waals surface area contributed by atoms with E-state index in [4.69, 9.17) is 9.47 Å². The van der Waals surface area contributed by atoms with E-state index in [-0.39, 0.29) is 5.41 Å². The number of rotatable bonds is 13. The van der Waals surface area contributed by atoms with Gasteiger partial charge in [-0.1, -0.05) is 128 Å². The van der Waals surface area contributed by atoms with Crippen LogP contribution in [-0.2, 0) is 29.1 Å². The van der Waals surface area contributed by atoms with E-state index in [0.717, 1.165) is 25.7 Å². The summed E-state index contributed by atoms with van der Waals surface area (Å²) in [5.41, 5.74) is 5.04. The highest BCUT2D eigenvalue weighted by Crippen LogP contribution is 2.49. The van der Waals surface area contributed by atoms with Gasteiger partial charge in [0.25, 0.3) is 0 Å². The van der Waals surface area contributed by atoms with Crippen LogP contribution in [0.2, 0.25) is 19.6 Å². The van der Waals surface area contributed by atoms with Crippen molar-refractivity contribution in [1.82, 2.24) is 0 Å².